The Morgan fingerprint density at radius 3 is 2.71 bits per heavy atom. The fraction of sp³-hybridized carbons (Fsp3) is 0.500. The molecule has 2 aromatic heterocycles. The number of nitrogens with zero attached hydrogens (tertiary/aromatic N) is 3. The second kappa shape index (κ2) is 4.98. The van der Waals surface area contributed by atoms with Gasteiger partial charge in [0.15, 0.2) is 0 Å². The number of rotatable bonds is 4. The molecule has 2 unspecified atom stereocenters. The lowest BCUT2D eigenvalue weighted by molar-refractivity contribution is 0.415. The first kappa shape index (κ1) is 12.3. The maximum absolute atomic E-state index is 6.23. The van der Waals surface area contributed by atoms with Crippen molar-refractivity contribution in [3.05, 3.63) is 34.0 Å². The second-order valence-corrected chi connectivity index (χ2v) is 5.00. The molecule has 2 aromatic rings. The minimum absolute atomic E-state index is 0.0596. The summed E-state index contributed by atoms with van der Waals surface area (Å²) in [4.78, 5) is 4.36. The van der Waals surface area contributed by atoms with Crippen molar-refractivity contribution in [2.24, 2.45) is 5.73 Å². The largest absolute Gasteiger partial charge is 0.326 e. The summed E-state index contributed by atoms with van der Waals surface area (Å²) in [5.74, 6) is 1.72. The number of aryl methyl sites for hydroxylation is 2. The summed E-state index contributed by atoms with van der Waals surface area (Å²) in [7, 11) is 0. The molecule has 0 spiro atoms. The molecule has 5 heteroatoms. The van der Waals surface area contributed by atoms with Crippen molar-refractivity contribution in [3.63, 3.8) is 0 Å². The number of hydrogen-bond acceptors (Lipinski definition) is 4. The van der Waals surface area contributed by atoms with E-state index in [4.69, 9.17) is 5.73 Å². The van der Waals surface area contributed by atoms with Gasteiger partial charge in [-0.25, -0.2) is 9.67 Å². The van der Waals surface area contributed by atoms with Crippen molar-refractivity contribution in [3.8, 4) is 0 Å². The molecule has 2 rings (SSSR count). The average Bonchev–Trinajstić information content (AvgIpc) is 2.90. The molecule has 0 aliphatic rings. The van der Waals surface area contributed by atoms with Gasteiger partial charge in [-0.2, -0.15) is 16.4 Å². The molecule has 0 aliphatic carbocycles. The van der Waals surface area contributed by atoms with Crippen LogP contribution in [0.3, 0.4) is 0 Å². The van der Waals surface area contributed by atoms with Crippen LogP contribution >= 0.6 is 11.3 Å². The molecule has 0 radical (unpaired) electrons. The summed E-state index contributed by atoms with van der Waals surface area (Å²) in [6.45, 7) is 5.98. The first-order chi connectivity index (χ1) is 8.13. The molecular formula is C12H18N4S. The highest BCUT2D eigenvalue weighted by Crippen LogP contribution is 2.25. The van der Waals surface area contributed by atoms with E-state index in [0.29, 0.717) is 0 Å². The highest BCUT2D eigenvalue weighted by atomic mass is 32.1. The van der Waals surface area contributed by atoms with Gasteiger partial charge < -0.3 is 5.73 Å². The maximum Gasteiger partial charge on any atom is 0.147 e. The fourth-order valence-corrected chi connectivity index (χ4v) is 2.73. The minimum atomic E-state index is 0.0596. The summed E-state index contributed by atoms with van der Waals surface area (Å²) in [6.07, 6.45) is 0.916. The Morgan fingerprint density at radius 1 is 1.47 bits per heavy atom. The SMILES string of the molecule is CCC(N)C(c1ccsc1)n1nc(C)nc1C. The minimum Gasteiger partial charge on any atom is -0.326 e. The molecular weight excluding hydrogens is 232 g/mol. The molecule has 0 amide bonds. The molecule has 92 valence electrons. The summed E-state index contributed by atoms with van der Waals surface area (Å²) in [5.41, 5.74) is 7.45. The summed E-state index contributed by atoms with van der Waals surface area (Å²) >= 11 is 1.69. The van der Waals surface area contributed by atoms with Crippen molar-refractivity contribution in [1.82, 2.24) is 14.8 Å². The predicted molar refractivity (Wildman–Crippen MR) is 70.2 cm³/mol. The van der Waals surface area contributed by atoms with Crippen LogP contribution in [0.25, 0.3) is 0 Å². The standard InChI is InChI=1S/C12H18N4S/c1-4-11(13)12(10-5-6-17-7-10)16-9(3)14-8(2)15-16/h5-7,11-12H,4,13H2,1-3H3. The summed E-state index contributed by atoms with van der Waals surface area (Å²) < 4.78 is 1.95. The molecule has 2 N–H and O–H groups in total. The first-order valence-electron chi connectivity index (χ1n) is 5.81. The Balaban J connectivity index is 2.44. The van der Waals surface area contributed by atoms with E-state index >= 15 is 0 Å². The zero-order valence-corrected chi connectivity index (χ0v) is 11.2. The zero-order valence-electron chi connectivity index (χ0n) is 10.4. The van der Waals surface area contributed by atoms with Gasteiger partial charge in [0.1, 0.15) is 11.6 Å². The van der Waals surface area contributed by atoms with Crippen LogP contribution in [-0.2, 0) is 0 Å². The normalized spacial score (nSPS) is 14.8. The van der Waals surface area contributed by atoms with Crippen LogP contribution < -0.4 is 5.73 Å². The van der Waals surface area contributed by atoms with Crippen LogP contribution in [0.15, 0.2) is 16.8 Å². The lowest BCUT2D eigenvalue weighted by Gasteiger charge is -2.23. The molecule has 2 heterocycles. The number of aromatic nitrogens is 3. The van der Waals surface area contributed by atoms with Gasteiger partial charge in [0.05, 0.1) is 6.04 Å². The van der Waals surface area contributed by atoms with Gasteiger partial charge >= 0.3 is 0 Å². The molecule has 0 aromatic carbocycles. The quantitative estimate of drug-likeness (QED) is 0.905. The van der Waals surface area contributed by atoms with Gasteiger partial charge in [0, 0.05) is 6.04 Å². The van der Waals surface area contributed by atoms with E-state index in [1.54, 1.807) is 11.3 Å². The summed E-state index contributed by atoms with van der Waals surface area (Å²) in [5, 5.41) is 8.67. The third-order valence-electron chi connectivity index (χ3n) is 2.93. The zero-order chi connectivity index (χ0) is 12.4. The van der Waals surface area contributed by atoms with Gasteiger partial charge in [-0.1, -0.05) is 6.92 Å². The van der Waals surface area contributed by atoms with Gasteiger partial charge in [-0.3, -0.25) is 0 Å². The smallest absolute Gasteiger partial charge is 0.147 e. The van der Waals surface area contributed by atoms with Crippen molar-refractivity contribution < 1.29 is 0 Å². The van der Waals surface area contributed by atoms with Crippen molar-refractivity contribution in [1.29, 1.82) is 0 Å². The molecule has 0 fully saturated rings. The lowest BCUT2D eigenvalue weighted by Crippen LogP contribution is -2.33. The fourth-order valence-electron chi connectivity index (χ4n) is 2.04. The van der Waals surface area contributed by atoms with E-state index in [-0.39, 0.29) is 12.1 Å². The highest BCUT2D eigenvalue weighted by molar-refractivity contribution is 7.07. The topological polar surface area (TPSA) is 56.7 Å². The van der Waals surface area contributed by atoms with Crippen molar-refractivity contribution in [2.45, 2.75) is 39.3 Å². The van der Waals surface area contributed by atoms with E-state index in [9.17, 15) is 0 Å². The molecule has 0 saturated carbocycles. The number of hydrogen-bond donors (Lipinski definition) is 1. The lowest BCUT2D eigenvalue weighted by atomic mass is 10.0. The number of thiophene rings is 1. The molecule has 0 bridgehead atoms. The van der Waals surface area contributed by atoms with Crippen LogP contribution in [0.2, 0.25) is 0 Å². The van der Waals surface area contributed by atoms with E-state index in [0.717, 1.165) is 18.1 Å². The van der Waals surface area contributed by atoms with Crippen LogP contribution in [-0.4, -0.2) is 20.8 Å². The Hall–Kier alpha value is -1.20. The molecule has 0 saturated heterocycles. The Labute approximate surface area is 105 Å². The van der Waals surface area contributed by atoms with Crippen LogP contribution in [0.5, 0.6) is 0 Å². The Bertz CT molecular complexity index is 475. The Kier molecular flexibility index (Phi) is 3.59. The second-order valence-electron chi connectivity index (χ2n) is 4.22. The monoisotopic (exact) mass is 250 g/mol. The third-order valence-corrected chi connectivity index (χ3v) is 3.63. The summed E-state index contributed by atoms with van der Waals surface area (Å²) in [6, 6.07) is 2.26. The van der Waals surface area contributed by atoms with E-state index in [2.05, 4.69) is 33.8 Å². The highest BCUT2D eigenvalue weighted by Gasteiger charge is 2.23. The van der Waals surface area contributed by atoms with E-state index < -0.39 is 0 Å². The van der Waals surface area contributed by atoms with Gasteiger partial charge in [0.25, 0.3) is 0 Å². The third kappa shape index (κ3) is 2.40. The Morgan fingerprint density at radius 2 is 2.24 bits per heavy atom. The predicted octanol–water partition coefficient (Wildman–Crippen LogP) is 2.28. The van der Waals surface area contributed by atoms with E-state index in [1.165, 1.54) is 5.56 Å². The molecule has 0 aliphatic heterocycles. The molecule has 2 atom stereocenters. The molecule has 4 nitrogen and oxygen atoms in total. The molecule has 17 heavy (non-hydrogen) atoms. The van der Waals surface area contributed by atoms with Gasteiger partial charge in [0.2, 0.25) is 0 Å². The average molecular weight is 250 g/mol. The van der Waals surface area contributed by atoms with Gasteiger partial charge in [-0.05, 0) is 42.7 Å². The van der Waals surface area contributed by atoms with Gasteiger partial charge in [-0.15, -0.1) is 0 Å². The van der Waals surface area contributed by atoms with Crippen molar-refractivity contribution in [2.75, 3.05) is 0 Å². The van der Waals surface area contributed by atoms with E-state index in [1.807, 2.05) is 18.5 Å². The van der Waals surface area contributed by atoms with Crippen LogP contribution in [0.4, 0.5) is 0 Å². The van der Waals surface area contributed by atoms with Crippen molar-refractivity contribution >= 4 is 11.3 Å². The van der Waals surface area contributed by atoms with Crippen LogP contribution in [0.1, 0.15) is 36.6 Å². The number of nitrogens with two attached hydrogens (primary N) is 1. The first-order valence-corrected chi connectivity index (χ1v) is 6.75. The van der Waals surface area contributed by atoms with Crippen LogP contribution in [0, 0.1) is 13.8 Å². The maximum atomic E-state index is 6.23.